The number of anilines is 1. The molecule has 1 aromatic heterocycles. The van der Waals surface area contributed by atoms with Crippen molar-refractivity contribution < 1.29 is 14.0 Å². The van der Waals surface area contributed by atoms with Crippen LogP contribution in [0.2, 0.25) is 0 Å². The van der Waals surface area contributed by atoms with Crippen LogP contribution in [-0.4, -0.2) is 36.3 Å². The van der Waals surface area contributed by atoms with E-state index in [1.807, 2.05) is 0 Å². The van der Waals surface area contributed by atoms with E-state index in [1.165, 1.54) is 4.90 Å². The lowest BCUT2D eigenvalue weighted by atomic mass is 10.4. The fourth-order valence-corrected chi connectivity index (χ4v) is 0.935. The molecule has 0 aliphatic carbocycles. The first-order chi connectivity index (χ1) is 6.56. The minimum absolute atomic E-state index is 0.0798. The molecule has 76 valence electrons. The van der Waals surface area contributed by atoms with Crippen molar-refractivity contribution >= 4 is 18.2 Å². The van der Waals surface area contributed by atoms with Gasteiger partial charge in [0.05, 0.1) is 0 Å². The van der Waals surface area contributed by atoms with E-state index in [0.717, 1.165) is 0 Å². The number of carbonyl (C=O) groups excluding carboxylic acids is 2. The predicted octanol–water partition coefficient (Wildman–Crippen LogP) is 0.253. The number of carbonyl (C=O) groups is 2. The van der Waals surface area contributed by atoms with Gasteiger partial charge in [-0.25, -0.2) is 4.98 Å². The molecular formula is C8H11N3O3. The Bertz CT molecular complexity index is 357. The van der Waals surface area contributed by atoms with Gasteiger partial charge in [-0.3, -0.25) is 14.9 Å². The van der Waals surface area contributed by atoms with Crippen LogP contribution in [0.15, 0.2) is 4.42 Å². The van der Waals surface area contributed by atoms with E-state index >= 15 is 0 Å². The summed E-state index contributed by atoms with van der Waals surface area (Å²) in [5, 5.41) is 2.28. The molecule has 14 heavy (non-hydrogen) atoms. The van der Waals surface area contributed by atoms with E-state index in [9.17, 15) is 9.59 Å². The molecule has 1 aromatic rings. The third-order valence-corrected chi connectivity index (χ3v) is 1.53. The summed E-state index contributed by atoms with van der Waals surface area (Å²) in [6.07, 6.45) is 0.437. The first-order valence-electron chi connectivity index (χ1n) is 3.95. The van der Waals surface area contributed by atoms with Gasteiger partial charge in [-0.2, -0.15) is 0 Å². The molecule has 0 fully saturated rings. The van der Waals surface area contributed by atoms with Gasteiger partial charge < -0.3 is 9.32 Å². The summed E-state index contributed by atoms with van der Waals surface area (Å²) in [5.74, 6) is 0.0990. The van der Waals surface area contributed by atoms with E-state index in [1.54, 1.807) is 21.0 Å². The number of amides is 2. The molecule has 0 spiro atoms. The molecule has 2 amide bonds. The first kappa shape index (κ1) is 10.2. The first-order valence-corrected chi connectivity index (χ1v) is 3.95. The van der Waals surface area contributed by atoms with Crippen LogP contribution >= 0.6 is 0 Å². The van der Waals surface area contributed by atoms with Crippen molar-refractivity contribution in [3.8, 4) is 0 Å². The Hall–Kier alpha value is -1.85. The second kappa shape index (κ2) is 3.91. The zero-order valence-corrected chi connectivity index (χ0v) is 8.20. The van der Waals surface area contributed by atoms with Crippen molar-refractivity contribution in [1.82, 2.24) is 9.88 Å². The van der Waals surface area contributed by atoms with Gasteiger partial charge in [0, 0.05) is 21.0 Å². The lowest BCUT2D eigenvalue weighted by Gasteiger charge is -2.07. The summed E-state index contributed by atoms with van der Waals surface area (Å²) < 4.78 is 5.03. The van der Waals surface area contributed by atoms with Gasteiger partial charge >= 0.3 is 0 Å². The van der Waals surface area contributed by atoms with Crippen molar-refractivity contribution in [3.05, 3.63) is 11.6 Å². The molecule has 1 N–H and O–H groups in total. The molecule has 0 aliphatic rings. The van der Waals surface area contributed by atoms with Crippen LogP contribution in [0, 0.1) is 6.92 Å². The normalized spacial score (nSPS) is 9.64. The number of aromatic nitrogens is 1. The number of nitrogens with zero attached hydrogens (tertiary/aromatic N) is 2. The minimum atomic E-state index is -0.314. The number of hydrogen-bond donors (Lipinski definition) is 1. The van der Waals surface area contributed by atoms with Crippen LogP contribution in [-0.2, 0) is 4.79 Å². The number of hydrogen-bond acceptors (Lipinski definition) is 4. The van der Waals surface area contributed by atoms with Gasteiger partial charge in [0.2, 0.25) is 12.3 Å². The Morgan fingerprint density at radius 1 is 1.57 bits per heavy atom. The van der Waals surface area contributed by atoms with Crippen LogP contribution in [0.25, 0.3) is 0 Å². The zero-order chi connectivity index (χ0) is 10.7. The highest BCUT2D eigenvalue weighted by Gasteiger charge is 2.19. The zero-order valence-electron chi connectivity index (χ0n) is 8.20. The Morgan fingerprint density at radius 2 is 2.21 bits per heavy atom. The average Bonchev–Trinajstić information content (AvgIpc) is 2.46. The lowest BCUT2D eigenvalue weighted by molar-refractivity contribution is -0.105. The largest absolute Gasteiger partial charge is 0.424 e. The van der Waals surface area contributed by atoms with Crippen molar-refractivity contribution in [1.29, 1.82) is 0 Å². The molecule has 0 unspecified atom stereocenters. The number of rotatable bonds is 3. The molecule has 0 aliphatic heterocycles. The summed E-state index contributed by atoms with van der Waals surface area (Å²) in [7, 11) is 3.19. The lowest BCUT2D eigenvalue weighted by Crippen LogP contribution is -2.23. The predicted molar refractivity (Wildman–Crippen MR) is 48.9 cm³/mol. The molecule has 1 rings (SSSR count). The number of nitrogens with one attached hydrogen (secondary N) is 1. The van der Waals surface area contributed by atoms with Crippen LogP contribution < -0.4 is 5.32 Å². The molecule has 0 radical (unpaired) electrons. The van der Waals surface area contributed by atoms with Crippen molar-refractivity contribution in [3.63, 3.8) is 0 Å². The van der Waals surface area contributed by atoms with E-state index in [2.05, 4.69) is 10.3 Å². The summed E-state index contributed by atoms with van der Waals surface area (Å²) in [6.45, 7) is 1.60. The van der Waals surface area contributed by atoms with E-state index < -0.39 is 0 Å². The van der Waals surface area contributed by atoms with Crippen LogP contribution in [0.5, 0.6) is 0 Å². The fourth-order valence-electron chi connectivity index (χ4n) is 0.935. The molecule has 0 atom stereocenters. The Balaban J connectivity index is 3.05. The van der Waals surface area contributed by atoms with Crippen molar-refractivity contribution in [2.24, 2.45) is 0 Å². The maximum absolute atomic E-state index is 11.5. The van der Waals surface area contributed by atoms with Gasteiger partial charge in [0.1, 0.15) is 0 Å². The Morgan fingerprint density at radius 3 is 2.71 bits per heavy atom. The van der Waals surface area contributed by atoms with Crippen molar-refractivity contribution in [2.45, 2.75) is 6.92 Å². The monoisotopic (exact) mass is 197 g/mol. The minimum Gasteiger partial charge on any atom is -0.424 e. The maximum atomic E-state index is 11.5. The summed E-state index contributed by atoms with van der Waals surface area (Å²) in [4.78, 5) is 26.9. The van der Waals surface area contributed by atoms with Gasteiger partial charge in [-0.05, 0) is 0 Å². The van der Waals surface area contributed by atoms with E-state index in [-0.39, 0.29) is 17.5 Å². The van der Waals surface area contributed by atoms with Crippen molar-refractivity contribution in [2.75, 3.05) is 19.4 Å². The second-order valence-electron chi connectivity index (χ2n) is 2.87. The average molecular weight is 197 g/mol. The van der Waals surface area contributed by atoms with Crippen LogP contribution in [0.1, 0.15) is 16.4 Å². The standard InChI is InChI=1S/C8H11N3O3/c1-5-10-6(8(13)11(2)3)7(14-5)9-4-12/h4H,1-3H3,(H,9,12). The Kier molecular flexibility index (Phi) is 2.85. The van der Waals surface area contributed by atoms with Crippen LogP contribution in [0.3, 0.4) is 0 Å². The SMILES string of the molecule is Cc1nc(C(=O)N(C)C)c(NC=O)o1. The third-order valence-electron chi connectivity index (χ3n) is 1.53. The molecular weight excluding hydrogens is 186 g/mol. The van der Waals surface area contributed by atoms with Gasteiger partial charge in [0.15, 0.2) is 11.6 Å². The highest BCUT2D eigenvalue weighted by molar-refractivity contribution is 5.97. The summed E-state index contributed by atoms with van der Waals surface area (Å²) >= 11 is 0. The molecule has 6 heteroatoms. The highest BCUT2D eigenvalue weighted by atomic mass is 16.4. The van der Waals surface area contributed by atoms with Gasteiger partial charge in [-0.15, -0.1) is 0 Å². The van der Waals surface area contributed by atoms with Gasteiger partial charge in [0.25, 0.3) is 5.91 Å². The van der Waals surface area contributed by atoms with E-state index in [4.69, 9.17) is 4.42 Å². The molecule has 1 heterocycles. The third kappa shape index (κ3) is 1.90. The topological polar surface area (TPSA) is 75.4 Å². The van der Waals surface area contributed by atoms with E-state index in [0.29, 0.717) is 12.3 Å². The number of aryl methyl sites for hydroxylation is 1. The molecule has 0 bridgehead atoms. The summed E-state index contributed by atoms with van der Waals surface area (Å²) in [5.41, 5.74) is 0.111. The quantitative estimate of drug-likeness (QED) is 0.705. The molecule has 0 saturated heterocycles. The molecule has 6 nitrogen and oxygen atoms in total. The second-order valence-corrected chi connectivity index (χ2v) is 2.87. The van der Waals surface area contributed by atoms with Gasteiger partial charge in [-0.1, -0.05) is 0 Å². The smallest absolute Gasteiger partial charge is 0.277 e. The summed E-state index contributed by atoms with van der Waals surface area (Å²) in [6, 6.07) is 0. The number of oxazole rings is 1. The Labute approximate surface area is 80.9 Å². The fraction of sp³-hybridized carbons (Fsp3) is 0.375. The molecule has 0 saturated carbocycles. The highest BCUT2D eigenvalue weighted by Crippen LogP contribution is 2.16. The molecule has 0 aromatic carbocycles. The maximum Gasteiger partial charge on any atom is 0.277 e. The van der Waals surface area contributed by atoms with Crippen LogP contribution in [0.4, 0.5) is 5.88 Å².